The first-order valence-corrected chi connectivity index (χ1v) is 3.74. The number of Topliss-reactive ketones (excluding diaryl/α,β-unsaturated/α-hetero) is 1. The first kappa shape index (κ1) is 8.13. The third-order valence-electron chi connectivity index (χ3n) is 1.08. The van der Waals surface area contributed by atoms with Crippen molar-refractivity contribution in [3.8, 4) is 0 Å². The first-order valence-electron chi connectivity index (χ1n) is 3.10. The summed E-state index contributed by atoms with van der Waals surface area (Å²) in [6, 6.07) is 0. The van der Waals surface area contributed by atoms with Gasteiger partial charge < -0.3 is 0 Å². The summed E-state index contributed by atoms with van der Waals surface area (Å²) in [4.78, 5) is 22.0. The van der Waals surface area contributed by atoms with Gasteiger partial charge in [-0.3, -0.25) is 4.79 Å². The molecule has 0 spiro atoms. The van der Waals surface area contributed by atoms with Crippen molar-refractivity contribution in [1.29, 1.82) is 0 Å². The summed E-state index contributed by atoms with van der Waals surface area (Å²) < 4.78 is 0. The molecular weight excluding hydrogens is 162 g/mol. The second-order valence-electron chi connectivity index (χ2n) is 1.86. The fourth-order valence-corrected chi connectivity index (χ4v) is 0.800. The van der Waals surface area contributed by atoms with E-state index in [2.05, 4.69) is 27.6 Å². The summed E-state index contributed by atoms with van der Waals surface area (Å²) in [5, 5.41) is 0. The molecule has 1 rings (SSSR count). The second kappa shape index (κ2) is 4.02. The quantitative estimate of drug-likeness (QED) is 0.525. The van der Waals surface area contributed by atoms with Gasteiger partial charge in [-0.05, 0) is 5.75 Å². The van der Waals surface area contributed by atoms with Crippen molar-refractivity contribution in [2.75, 3.05) is 5.75 Å². The molecule has 0 aliphatic carbocycles. The Morgan fingerprint density at radius 1 is 1.45 bits per heavy atom. The van der Waals surface area contributed by atoms with E-state index in [1.807, 2.05) is 0 Å². The third kappa shape index (κ3) is 2.27. The Morgan fingerprint density at radius 2 is 2.09 bits per heavy atom. The van der Waals surface area contributed by atoms with Crippen molar-refractivity contribution in [3.05, 3.63) is 18.5 Å². The fraction of sp³-hybridized carbons (Fsp3) is 0.333. The van der Waals surface area contributed by atoms with Crippen LogP contribution in [0, 0.1) is 0 Å². The number of carbonyl (C=O) groups excluding carboxylic acids is 1. The van der Waals surface area contributed by atoms with Crippen LogP contribution in [0.1, 0.15) is 17.0 Å². The molecule has 0 saturated carbocycles. The lowest BCUT2D eigenvalue weighted by molar-refractivity contribution is 0.0979. The molecule has 0 amide bonds. The summed E-state index contributed by atoms with van der Waals surface area (Å²) in [5.41, 5.74) is 0. The van der Waals surface area contributed by atoms with Gasteiger partial charge in [0, 0.05) is 6.42 Å². The standard InChI is InChI=1S/C6H7N3OS/c10-5(1-2-11)6-8-3-7-4-9-6/h3-4,11H,1-2H2. The summed E-state index contributed by atoms with van der Waals surface area (Å²) in [5.74, 6) is 0.640. The molecule has 0 aliphatic heterocycles. The second-order valence-corrected chi connectivity index (χ2v) is 2.31. The smallest absolute Gasteiger partial charge is 0.200 e. The van der Waals surface area contributed by atoms with E-state index in [-0.39, 0.29) is 11.6 Å². The number of carbonyl (C=O) groups is 1. The van der Waals surface area contributed by atoms with Crippen molar-refractivity contribution >= 4 is 18.4 Å². The molecule has 5 heteroatoms. The average Bonchev–Trinajstić information content (AvgIpc) is 2.07. The Morgan fingerprint density at radius 3 is 2.64 bits per heavy atom. The van der Waals surface area contributed by atoms with Crippen molar-refractivity contribution < 1.29 is 4.79 Å². The first-order chi connectivity index (χ1) is 5.34. The molecule has 0 N–H and O–H groups in total. The number of thiol groups is 1. The summed E-state index contributed by atoms with van der Waals surface area (Å²) in [7, 11) is 0. The summed E-state index contributed by atoms with van der Waals surface area (Å²) >= 11 is 3.92. The Kier molecular flexibility index (Phi) is 2.97. The van der Waals surface area contributed by atoms with Crippen LogP contribution in [0.25, 0.3) is 0 Å². The van der Waals surface area contributed by atoms with Gasteiger partial charge in [-0.25, -0.2) is 15.0 Å². The predicted octanol–water partition coefficient (Wildman–Crippen LogP) is 0.374. The maximum absolute atomic E-state index is 11.0. The maximum Gasteiger partial charge on any atom is 0.200 e. The van der Waals surface area contributed by atoms with Gasteiger partial charge in [0.1, 0.15) is 12.7 Å². The maximum atomic E-state index is 11.0. The largest absolute Gasteiger partial charge is 0.291 e. The van der Waals surface area contributed by atoms with Crippen LogP contribution in [-0.2, 0) is 0 Å². The van der Waals surface area contributed by atoms with Crippen LogP contribution in [0.3, 0.4) is 0 Å². The highest BCUT2D eigenvalue weighted by Gasteiger charge is 2.05. The number of hydrogen-bond donors (Lipinski definition) is 1. The van der Waals surface area contributed by atoms with Crippen molar-refractivity contribution in [2.24, 2.45) is 0 Å². The molecule has 0 aliphatic rings. The van der Waals surface area contributed by atoms with Gasteiger partial charge in [-0.15, -0.1) is 0 Å². The summed E-state index contributed by atoms with van der Waals surface area (Å²) in [6.45, 7) is 0. The highest BCUT2D eigenvalue weighted by atomic mass is 32.1. The number of aromatic nitrogens is 3. The zero-order chi connectivity index (χ0) is 8.10. The lowest BCUT2D eigenvalue weighted by Crippen LogP contribution is -2.05. The molecule has 0 aromatic carbocycles. The zero-order valence-electron chi connectivity index (χ0n) is 5.77. The number of ketones is 1. The normalized spacial score (nSPS) is 9.55. The van der Waals surface area contributed by atoms with Crippen LogP contribution in [0.2, 0.25) is 0 Å². The molecule has 1 aromatic rings. The molecule has 1 aromatic heterocycles. The minimum absolute atomic E-state index is 0.0950. The van der Waals surface area contributed by atoms with Crippen LogP contribution in [0.5, 0.6) is 0 Å². The Bertz CT molecular complexity index is 239. The molecule has 1 heterocycles. The van der Waals surface area contributed by atoms with E-state index >= 15 is 0 Å². The number of hydrogen-bond acceptors (Lipinski definition) is 5. The molecule has 0 fully saturated rings. The molecule has 0 radical (unpaired) electrons. The molecular formula is C6H7N3OS. The van der Waals surface area contributed by atoms with Crippen LogP contribution >= 0.6 is 12.6 Å². The van der Waals surface area contributed by atoms with E-state index in [4.69, 9.17) is 0 Å². The Labute approximate surface area is 69.5 Å². The van der Waals surface area contributed by atoms with Gasteiger partial charge in [0.15, 0.2) is 5.82 Å². The van der Waals surface area contributed by atoms with E-state index in [1.54, 1.807) is 0 Å². The number of nitrogens with zero attached hydrogens (tertiary/aromatic N) is 3. The van der Waals surface area contributed by atoms with Crippen LogP contribution in [-0.4, -0.2) is 26.5 Å². The van der Waals surface area contributed by atoms with Gasteiger partial charge in [0.25, 0.3) is 0 Å². The monoisotopic (exact) mass is 169 g/mol. The molecule has 0 bridgehead atoms. The highest BCUT2D eigenvalue weighted by Crippen LogP contribution is 1.94. The van der Waals surface area contributed by atoms with E-state index in [0.29, 0.717) is 12.2 Å². The minimum atomic E-state index is -0.0950. The van der Waals surface area contributed by atoms with Crippen LogP contribution in [0.15, 0.2) is 12.7 Å². The lowest BCUT2D eigenvalue weighted by atomic mass is 10.3. The van der Waals surface area contributed by atoms with Crippen LogP contribution < -0.4 is 0 Å². The fourth-order valence-electron chi connectivity index (χ4n) is 0.597. The van der Waals surface area contributed by atoms with E-state index in [9.17, 15) is 4.79 Å². The molecule has 0 unspecified atom stereocenters. The highest BCUT2D eigenvalue weighted by molar-refractivity contribution is 7.80. The van der Waals surface area contributed by atoms with E-state index in [0.717, 1.165) is 0 Å². The van der Waals surface area contributed by atoms with Crippen LogP contribution in [0.4, 0.5) is 0 Å². The lowest BCUT2D eigenvalue weighted by Gasteiger charge is -1.93. The van der Waals surface area contributed by atoms with Crippen molar-refractivity contribution in [2.45, 2.75) is 6.42 Å². The Hall–Kier alpha value is -0.970. The van der Waals surface area contributed by atoms with Gasteiger partial charge in [0.2, 0.25) is 5.78 Å². The average molecular weight is 169 g/mol. The van der Waals surface area contributed by atoms with E-state index in [1.165, 1.54) is 12.7 Å². The molecule has 58 valence electrons. The van der Waals surface area contributed by atoms with Crippen molar-refractivity contribution in [3.63, 3.8) is 0 Å². The minimum Gasteiger partial charge on any atom is -0.291 e. The SMILES string of the molecule is O=C(CCS)c1ncncn1. The zero-order valence-corrected chi connectivity index (χ0v) is 6.66. The van der Waals surface area contributed by atoms with Gasteiger partial charge in [0.05, 0.1) is 0 Å². The van der Waals surface area contributed by atoms with Gasteiger partial charge in [-0.1, -0.05) is 0 Å². The molecule has 0 atom stereocenters. The topological polar surface area (TPSA) is 55.7 Å². The van der Waals surface area contributed by atoms with Gasteiger partial charge >= 0.3 is 0 Å². The predicted molar refractivity (Wildman–Crippen MR) is 42.6 cm³/mol. The third-order valence-corrected chi connectivity index (χ3v) is 1.31. The Balaban J connectivity index is 2.69. The molecule has 4 nitrogen and oxygen atoms in total. The molecule has 11 heavy (non-hydrogen) atoms. The van der Waals surface area contributed by atoms with Crippen molar-refractivity contribution in [1.82, 2.24) is 15.0 Å². The summed E-state index contributed by atoms with van der Waals surface area (Å²) in [6.07, 6.45) is 2.98. The van der Waals surface area contributed by atoms with Gasteiger partial charge in [-0.2, -0.15) is 12.6 Å². The molecule has 0 saturated heterocycles. The van der Waals surface area contributed by atoms with E-state index < -0.39 is 0 Å². The number of rotatable bonds is 3.